The number of pyridine rings is 3. The fourth-order valence-corrected chi connectivity index (χ4v) is 6.53. The lowest BCUT2D eigenvalue weighted by molar-refractivity contribution is 1.24. The molecule has 0 N–H and O–H groups in total. The van der Waals surface area contributed by atoms with Gasteiger partial charge in [0, 0.05) is 35.8 Å². The molecule has 4 nitrogen and oxygen atoms in total. The van der Waals surface area contributed by atoms with Gasteiger partial charge in [-0.25, -0.2) is 4.98 Å². The lowest BCUT2D eigenvalue weighted by Gasteiger charge is -2.08. The van der Waals surface area contributed by atoms with Crippen molar-refractivity contribution in [3.05, 3.63) is 108 Å². The number of nitrogens with zero attached hydrogens (tertiary/aromatic N) is 4. The molecule has 0 unspecified atom stereocenters. The first-order chi connectivity index (χ1) is 17.4. The van der Waals surface area contributed by atoms with Crippen LogP contribution in [0, 0.1) is 0 Å². The third kappa shape index (κ3) is 2.11. The van der Waals surface area contributed by atoms with Gasteiger partial charge in [-0.05, 0) is 75.2 Å². The molecule has 7 aromatic rings. The van der Waals surface area contributed by atoms with Crippen LogP contribution in [0.3, 0.4) is 0 Å². The molecule has 0 amide bonds. The summed E-state index contributed by atoms with van der Waals surface area (Å²) in [5.41, 5.74) is 16.4. The summed E-state index contributed by atoms with van der Waals surface area (Å²) in [5.74, 6) is 0. The van der Waals surface area contributed by atoms with E-state index < -0.39 is 0 Å². The van der Waals surface area contributed by atoms with E-state index >= 15 is 0 Å². The molecule has 4 heterocycles. The van der Waals surface area contributed by atoms with Crippen molar-refractivity contribution in [3.63, 3.8) is 0 Å². The van der Waals surface area contributed by atoms with Gasteiger partial charge < -0.3 is 0 Å². The summed E-state index contributed by atoms with van der Waals surface area (Å²) < 4.78 is 2.28. The van der Waals surface area contributed by atoms with E-state index in [9.17, 15) is 0 Å². The van der Waals surface area contributed by atoms with E-state index in [1.807, 2.05) is 24.7 Å². The minimum absolute atomic E-state index is 0.916. The minimum Gasteiger partial charge on any atom is -0.290 e. The van der Waals surface area contributed by atoms with Crippen molar-refractivity contribution in [3.8, 4) is 22.3 Å². The monoisotopic (exact) mass is 446 g/mol. The normalized spacial score (nSPS) is 13.5. The summed E-state index contributed by atoms with van der Waals surface area (Å²) in [7, 11) is 0. The maximum atomic E-state index is 5.29. The van der Waals surface area contributed by atoms with E-state index in [4.69, 9.17) is 9.97 Å². The molecule has 0 atom stereocenters. The average Bonchev–Trinajstić information content (AvgIpc) is 3.59. The number of hydrogen-bond donors (Lipinski definition) is 0. The Morgan fingerprint density at radius 2 is 1.51 bits per heavy atom. The summed E-state index contributed by atoms with van der Waals surface area (Å²) in [6.07, 6.45) is 7.55. The van der Waals surface area contributed by atoms with Crippen LogP contribution < -0.4 is 0 Å². The topological polar surface area (TPSA) is 43.1 Å². The Hall–Kier alpha value is -4.57. The van der Waals surface area contributed by atoms with Crippen LogP contribution >= 0.6 is 0 Å². The van der Waals surface area contributed by atoms with E-state index in [1.165, 1.54) is 44.5 Å². The molecule has 0 fully saturated rings. The van der Waals surface area contributed by atoms with Crippen molar-refractivity contribution in [2.75, 3.05) is 0 Å². The minimum atomic E-state index is 0.916. The molecule has 0 spiro atoms. The molecule has 9 rings (SSSR count). The van der Waals surface area contributed by atoms with Crippen LogP contribution in [-0.4, -0.2) is 19.4 Å². The summed E-state index contributed by atoms with van der Waals surface area (Å²) in [6, 6.07) is 24.2. The highest BCUT2D eigenvalue weighted by molar-refractivity contribution is 6.12. The van der Waals surface area contributed by atoms with Gasteiger partial charge in [0.05, 0.1) is 22.1 Å². The number of aromatic nitrogens is 4. The first-order valence-corrected chi connectivity index (χ1v) is 12.0. The number of hydrogen-bond acceptors (Lipinski definition) is 3. The highest BCUT2D eigenvalue weighted by Crippen LogP contribution is 2.49. The van der Waals surface area contributed by atoms with Crippen LogP contribution in [0.25, 0.3) is 60.7 Å². The summed E-state index contributed by atoms with van der Waals surface area (Å²) >= 11 is 0. The highest BCUT2D eigenvalue weighted by atomic mass is 15.0. The third-order valence-corrected chi connectivity index (χ3v) is 7.99. The molecule has 0 aliphatic heterocycles. The fraction of sp³-hybridized carbons (Fsp3) is 0.0645. The molecular weight excluding hydrogens is 428 g/mol. The third-order valence-electron chi connectivity index (χ3n) is 7.99. The smallest absolute Gasteiger partial charge is 0.146 e. The lowest BCUT2D eigenvalue weighted by atomic mass is 9.95. The zero-order valence-corrected chi connectivity index (χ0v) is 18.8. The molecule has 3 aromatic carbocycles. The molecule has 0 saturated heterocycles. The van der Waals surface area contributed by atoms with E-state index in [1.54, 1.807) is 0 Å². The first-order valence-electron chi connectivity index (χ1n) is 12.0. The number of imidazole rings is 1. The number of fused-ring (bicyclic) bond motifs is 16. The maximum absolute atomic E-state index is 5.29. The molecule has 35 heavy (non-hydrogen) atoms. The van der Waals surface area contributed by atoms with Gasteiger partial charge in [-0.2, -0.15) is 0 Å². The van der Waals surface area contributed by atoms with Crippen molar-refractivity contribution >= 4 is 38.5 Å². The maximum Gasteiger partial charge on any atom is 0.146 e. The molecule has 0 radical (unpaired) electrons. The second-order valence-corrected chi connectivity index (χ2v) is 9.66. The van der Waals surface area contributed by atoms with Gasteiger partial charge in [-0.3, -0.25) is 14.4 Å². The molecule has 0 bridgehead atoms. The van der Waals surface area contributed by atoms with Crippen molar-refractivity contribution in [1.29, 1.82) is 0 Å². The van der Waals surface area contributed by atoms with Gasteiger partial charge in [0.1, 0.15) is 5.65 Å². The Bertz CT molecular complexity index is 2070. The Labute approximate surface area is 200 Å². The molecule has 0 saturated carbocycles. The lowest BCUT2D eigenvalue weighted by Crippen LogP contribution is -1.93. The fourth-order valence-electron chi connectivity index (χ4n) is 6.53. The van der Waals surface area contributed by atoms with Crippen molar-refractivity contribution in [2.45, 2.75) is 12.8 Å². The molecule has 4 heteroatoms. The Morgan fingerprint density at radius 1 is 0.629 bits per heavy atom. The zero-order valence-electron chi connectivity index (χ0n) is 18.8. The second kappa shape index (κ2) is 6.10. The van der Waals surface area contributed by atoms with E-state index in [-0.39, 0.29) is 0 Å². The Balaban J connectivity index is 1.39. The van der Waals surface area contributed by atoms with E-state index in [0.29, 0.717) is 0 Å². The Kier molecular flexibility index (Phi) is 3.11. The van der Waals surface area contributed by atoms with Gasteiger partial charge in [0.25, 0.3) is 0 Å². The van der Waals surface area contributed by atoms with Crippen molar-refractivity contribution < 1.29 is 0 Å². The first kappa shape index (κ1) is 17.8. The highest BCUT2D eigenvalue weighted by Gasteiger charge is 2.30. The predicted octanol–water partition coefficient (Wildman–Crippen LogP) is 6.73. The molecular formula is C31H18N4. The van der Waals surface area contributed by atoms with Crippen LogP contribution in [0.15, 0.2) is 85.3 Å². The second-order valence-electron chi connectivity index (χ2n) is 9.66. The SMILES string of the molecule is c1ccc2c(c1)Cc1ccc3c(c1-2)Cc1c-3ccc2c1nc1c3ccncc3c3ncccc3n21. The molecule has 2 aliphatic carbocycles. The van der Waals surface area contributed by atoms with Crippen molar-refractivity contribution in [1.82, 2.24) is 19.4 Å². The average molecular weight is 447 g/mol. The van der Waals surface area contributed by atoms with Crippen LogP contribution in [0.5, 0.6) is 0 Å². The quantitative estimate of drug-likeness (QED) is 0.243. The van der Waals surface area contributed by atoms with Gasteiger partial charge in [-0.1, -0.05) is 42.5 Å². The van der Waals surface area contributed by atoms with Gasteiger partial charge >= 0.3 is 0 Å². The summed E-state index contributed by atoms with van der Waals surface area (Å²) in [5, 5.41) is 2.13. The van der Waals surface area contributed by atoms with Crippen LogP contribution in [0.2, 0.25) is 0 Å². The summed E-state index contributed by atoms with van der Waals surface area (Å²) in [6.45, 7) is 0. The predicted molar refractivity (Wildman–Crippen MR) is 140 cm³/mol. The van der Waals surface area contributed by atoms with Crippen molar-refractivity contribution in [2.24, 2.45) is 0 Å². The zero-order chi connectivity index (χ0) is 22.7. The van der Waals surface area contributed by atoms with Gasteiger partial charge in [0.2, 0.25) is 0 Å². The largest absolute Gasteiger partial charge is 0.290 e. The Morgan fingerprint density at radius 3 is 2.51 bits per heavy atom. The van der Waals surface area contributed by atoms with Crippen LogP contribution in [0.4, 0.5) is 0 Å². The van der Waals surface area contributed by atoms with Crippen LogP contribution in [0.1, 0.15) is 22.3 Å². The molecule has 162 valence electrons. The number of benzene rings is 3. The molecule has 2 aliphatic rings. The number of rotatable bonds is 0. The molecule has 4 aromatic heterocycles. The van der Waals surface area contributed by atoms with E-state index in [0.717, 1.165) is 51.3 Å². The van der Waals surface area contributed by atoms with E-state index in [2.05, 4.69) is 70.0 Å². The summed E-state index contributed by atoms with van der Waals surface area (Å²) in [4.78, 5) is 14.4. The van der Waals surface area contributed by atoms with Gasteiger partial charge in [0.15, 0.2) is 0 Å². The van der Waals surface area contributed by atoms with Gasteiger partial charge in [-0.15, -0.1) is 0 Å². The van der Waals surface area contributed by atoms with Crippen LogP contribution in [-0.2, 0) is 12.8 Å². The standard InChI is InChI=1S/C31H18N4/c1-2-5-19-17(4-1)14-18-7-8-20-21-9-10-27-30(24(21)15-23(20)28(18)19)34-31-22-11-13-32-16-25(22)29-26(35(27)31)6-3-12-33-29/h1-13,16H,14-15H2.